The number of quaternary nitrogens is 1. The van der Waals surface area contributed by atoms with E-state index in [0.717, 1.165) is 18.0 Å². The third-order valence-electron chi connectivity index (χ3n) is 4.42. The van der Waals surface area contributed by atoms with E-state index in [4.69, 9.17) is 0 Å². The molecular formula is C17H22NO+. The van der Waals surface area contributed by atoms with Crippen LogP contribution in [0.3, 0.4) is 0 Å². The zero-order valence-electron chi connectivity index (χ0n) is 11.5. The number of benzene rings is 2. The van der Waals surface area contributed by atoms with Gasteiger partial charge in [0.25, 0.3) is 0 Å². The van der Waals surface area contributed by atoms with Crippen molar-refractivity contribution in [1.29, 1.82) is 0 Å². The number of aromatic hydroxyl groups is 1. The first-order valence-electron chi connectivity index (χ1n) is 7.27. The minimum absolute atomic E-state index is 0.449. The fourth-order valence-corrected chi connectivity index (χ4v) is 3.11. The average Bonchev–Trinajstić information content (AvgIpc) is 2.44. The second kappa shape index (κ2) is 5.22. The van der Waals surface area contributed by atoms with E-state index < -0.39 is 0 Å². The van der Waals surface area contributed by atoms with Gasteiger partial charge in [0.2, 0.25) is 0 Å². The molecule has 0 saturated carbocycles. The van der Waals surface area contributed by atoms with Crippen molar-refractivity contribution in [3.8, 4) is 5.75 Å². The highest BCUT2D eigenvalue weighted by Crippen LogP contribution is 2.26. The van der Waals surface area contributed by atoms with Crippen molar-refractivity contribution >= 4 is 10.8 Å². The third-order valence-corrected chi connectivity index (χ3v) is 4.42. The van der Waals surface area contributed by atoms with E-state index in [1.165, 1.54) is 36.7 Å². The Labute approximate surface area is 114 Å². The summed E-state index contributed by atoms with van der Waals surface area (Å²) in [5, 5.41) is 12.6. The molecule has 0 bridgehead atoms. The molecule has 0 radical (unpaired) electrons. The lowest BCUT2D eigenvalue weighted by Gasteiger charge is -2.27. The monoisotopic (exact) mass is 256 g/mol. The highest BCUT2D eigenvalue weighted by molar-refractivity contribution is 5.87. The summed E-state index contributed by atoms with van der Waals surface area (Å²) in [7, 11) is 0. The molecule has 1 aliphatic heterocycles. The maximum atomic E-state index is 10.2. The smallest absolute Gasteiger partial charge is 0.125 e. The molecule has 2 heteroatoms. The molecule has 1 aliphatic rings. The predicted molar refractivity (Wildman–Crippen MR) is 78.4 cm³/mol. The summed E-state index contributed by atoms with van der Waals surface area (Å²) in [6, 6.07) is 12.2. The topological polar surface area (TPSA) is 24.7 Å². The van der Waals surface area contributed by atoms with Crippen LogP contribution in [0.4, 0.5) is 0 Å². The van der Waals surface area contributed by atoms with E-state index in [9.17, 15) is 5.11 Å². The zero-order chi connectivity index (χ0) is 13.2. The van der Waals surface area contributed by atoms with Crippen LogP contribution < -0.4 is 4.90 Å². The standard InChI is InChI=1S/C17H21NO/c1-13-8-10-18(11-9-13)12-16-15-5-3-2-4-14(15)6-7-17(16)19/h2-7,13,19H,8-12H2,1H3/p+1. The predicted octanol–water partition coefficient (Wildman–Crippen LogP) is 2.36. The van der Waals surface area contributed by atoms with Crippen molar-refractivity contribution in [2.75, 3.05) is 13.1 Å². The summed E-state index contributed by atoms with van der Waals surface area (Å²) >= 11 is 0. The Balaban J connectivity index is 1.89. The molecule has 0 aromatic heterocycles. The number of piperidine rings is 1. The maximum absolute atomic E-state index is 10.2. The Morgan fingerprint density at radius 3 is 2.63 bits per heavy atom. The Morgan fingerprint density at radius 1 is 1.11 bits per heavy atom. The van der Waals surface area contributed by atoms with E-state index in [-0.39, 0.29) is 0 Å². The molecule has 2 nitrogen and oxygen atoms in total. The number of phenols is 1. The molecule has 2 aromatic carbocycles. The average molecular weight is 256 g/mol. The van der Waals surface area contributed by atoms with Crippen molar-refractivity contribution in [2.24, 2.45) is 5.92 Å². The second-order valence-electron chi connectivity index (χ2n) is 5.89. The highest BCUT2D eigenvalue weighted by atomic mass is 16.3. The lowest BCUT2D eigenvalue weighted by molar-refractivity contribution is -0.919. The number of nitrogens with one attached hydrogen (secondary N) is 1. The number of rotatable bonds is 2. The number of hydrogen-bond donors (Lipinski definition) is 2. The lowest BCUT2D eigenvalue weighted by Crippen LogP contribution is -3.11. The van der Waals surface area contributed by atoms with Crippen LogP contribution in [0, 0.1) is 5.92 Å². The first-order valence-corrected chi connectivity index (χ1v) is 7.27. The highest BCUT2D eigenvalue weighted by Gasteiger charge is 2.21. The minimum atomic E-state index is 0.449. The summed E-state index contributed by atoms with van der Waals surface area (Å²) in [6.07, 6.45) is 2.61. The van der Waals surface area contributed by atoms with Gasteiger partial charge in [0.1, 0.15) is 12.3 Å². The summed E-state index contributed by atoms with van der Waals surface area (Å²) in [4.78, 5) is 1.60. The van der Waals surface area contributed by atoms with E-state index in [1.807, 2.05) is 12.1 Å². The van der Waals surface area contributed by atoms with Crippen LogP contribution in [0.1, 0.15) is 25.3 Å². The summed E-state index contributed by atoms with van der Waals surface area (Å²) in [5.74, 6) is 1.31. The van der Waals surface area contributed by atoms with Crippen LogP contribution >= 0.6 is 0 Å². The van der Waals surface area contributed by atoms with Crippen LogP contribution in [-0.4, -0.2) is 18.2 Å². The quantitative estimate of drug-likeness (QED) is 0.847. The molecule has 0 unspecified atom stereocenters. The molecule has 100 valence electrons. The SMILES string of the molecule is CC1CC[NH+](Cc2c(O)ccc3ccccc23)CC1. The molecule has 2 aromatic rings. The maximum Gasteiger partial charge on any atom is 0.125 e. The van der Waals surface area contributed by atoms with Crippen LogP contribution in [-0.2, 0) is 6.54 Å². The van der Waals surface area contributed by atoms with Gasteiger partial charge in [0.15, 0.2) is 0 Å². The molecular weight excluding hydrogens is 234 g/mol. The summed E-state index contributed by atoms with van der Waals surface area (Å²) < 4.78 is 0. The molecule has 2 N–H and O–H groups in total. The van der Waals surface area contributed by atoms with Crippen LogP contribution in [0.15, 0.2) is 36.4 Å². The normalized spacial score (nSPS) is 23.6. The Bertz CT molecular complexity index is 570. The Hall–Kier alpha value is -1.54. The van der Waals surface area contributed by atoms with Crippen molar-refractivity contribution in [1.82, 2.24) is 0 Å². The summed E-state index contributed by atoms with van der Waals surface area (Å²) in [6.45, 7) is 5.74. The molecule has 19 heavy (non-hydrogen) atoms. The van der Waals surface area contributed by atoms with E-state index >= 15 is 0 Å². The van der Waals surface area contributed by atoms with Crippen molar-refractivity contribution in [3.05, 3.63) is 42.0 Å². The van der Waals surface area contributed by atoms with Crippen LogP contribution in [0.5, 0.6) is 5.75 Å². The van der Waals surface area contributed by atoms with Gasteiger partial charge in [-0.05, 0) is 35.6 Å². The number of hydrogen-bond acceptors (Lipinski definition) is 1. The number of likely N-dealkylation sites (tertiary alicyclic amines) is 1. The van der Waals surface area contributed by atoms with Crippen molar-refractivity contribution < 1.29 is 10.0 Å². The van der Waals surface area contributed by atoms with Crippen LogP contribution in [0.25, 0.3) is 10.8 Å². The third kappa shape index (κ3) is 2.59. The lowest BCUT2D eigenvalue weighted by atomic mass is 9.97. The van der Waals surface area contributed by atoms with E-state index in [0.29, 0.717) is 5.75 Å². The van der Waals surface area contributed by atoms with E-state index in [2.05, 4.69) is 31.2 Å². The van der Waals surface area contributed by atoms with E-state index in [1.54, 1.807) is 4.90 Å². The molecule has 1 saturated heterocycles. The molecule has 3 rings (SSSR count). The second-order valence-corrected chi connectivity index (χ2v) is 5.89. The molecule has 0 spiro atoms. The fraction of sp³-hybridized carbons (Fsp3) is 0.412. The number of fused-ring (bicyclic) bond motifs is 1. The van der Waals surface area contributed by atoms with Gasteiger partial charge in [-0.2, -0.15) is 0 Å². The number of phenolic OH excluding ortho intramolecular Hbond substituents is 1. The van der Waals surface area contributed by atoms with Crippen molar-refractivity contribution in [3.63, 3.8) is 0 Å². The molecule has 0 aliphatic carbocycles. The fourth-order valence-electron chi connectivity index (χ4n) is 3.11. The van der Waals surface area contributed by atoms with Crippen LogP contribution in [0.2, 0.25) is 0 Å². The molecule has 1 fully saturated rings. The van der Waals surface area contributed by atoms with Gasteiger partial charge < -0.3 is 10.0 Å². The van der Waals surface area contributed by atoms with Gasteiger partial charge in [-0.1, -0.05) is 37.3 Å². The van der Waals surface area contributed by atoms with Gasteiger partial charge in [0, 0.05) is 0 Å². The van der Waals surface area contributed by atoms with Gasteiger partial charge >= 0.3 is 0 Å². The first-order chi connectivity index (χ1) is 9.24. The van der Waals surface area contributed by atoms with Gasteiger partial charge in [-0.25, -0.2) is 0 Å². The largest absolute Gasteiger partial charge is 0.507 e. The molecule has 1 heterocycles. The van der Waals surface area contributed by atoms with Crippen molar-refractivity contribution in [2.45, 2.75) is 26.3 Å². The first kappa shape index (κ1) is 12.5. The molecule has 0 atom stereocenters. The van der Waals surface area contributed by atoms with Gasteiger partial charge in [-0.15, -0.1) is 0 Å². The Kier molecular flexibility index (Phi) is 3.43. The zero-order valence-corrected chi connectivity index (χ0v) is 11.5. The minimum Gasteiger partial charge on any atom is -0.507 e. The summed E-state index contributed by atoms with van der Waals surface area (Å²) in [5.41, 5.74) is 1.11. The Morgan fingerprint density at radius 2 is 1.84 bits per heavy atom. The van der Waals surface area contributed by atoms with Gasteiger partial charge in [0.05, 0.1) is 18.7 Å². The van der Waals surface area contributed by atoms with Gasteiger partial charge in [-0.3, -0.25) is 0 Å². The molecule has 0 amide bonds.